The lowest BCUT2D eigenvalue weighted by Gasteiger charge is -2.20. The van der Waals surface area contributed by atoms with Gasteiger partial charge in [0.05, 0.1) is 11.1 Å². The molecule has 0 aliphatic carbocycles. The molecule has 0 spiro atoms. The Kier molecular flexibility index (Phi) is 1.77. The van der Waals surface area contributed by atoms with Gasteiger partial charge in [-0.05, 0) is 32.9 Å². The average molecular weight is 189 g/mol. The minimum atomic E-state index is -0.0305. The molecule has 74 valence electrons. The second-order valence-electron chi connectivity index (χ2n) is 4.49. The van der Waals surface area contributed by atoms with Crippen LogP contribution in [0.3, 0.4) is 0 Å². The molecule has 0 aliphatic rings. The van der Waals surface area contributed by atoms with E-state index >= 15 is 0 Å². The summed E-state index contributed by atoms with van der Waals surface area (Å²) in [5, 5.41) is 5.39. The molecule has 0 bridgehead atoms. The zero-order chi connectivity index (χ0) is 10.3. The molecule has 2 aromatic rings. The van der Waals surface area contributed by atoms with Crippen molar-refractivity contribution in [2.45, 2.75) is 26.3 Å². The lowest BCUT2D eigenvalue weighted by molar-refractivity contribution is 0.369. The molecular weight excluding hydrogens is 174 g/mol. The third-order valence-electron chi connectivity index (χ3n) is 2.25. The number of rotatable bonds is 0. The summed E-state index contributed by atoms with van der Waals surface area (Å²) in [6, 6.07) is 8.03. The molecule has 0 aliphatic heterocycles. The van der Waals surface area contributed by atoms with Crippen molar-refractivity contribution in [1.29, 1.82) is 0 Å². The third kappa shape index (κ3) is 1.25. The number of hydrogen-bond donors (Lipinski definition) is 1. The van der Waals surface area contributed by atoms with Gasteiger partial charge in [-0.15, -0.1) is 0 Å². The van der Waals surface area contributed by atoms with Crippen LogP contribution in [0.1, 0.15) is 20.8 Å². The van der Waals surface area contributed by atoms with E-state index in [1.54, 1.807) is 0 Å². The van der Waals surface area contributed by atoms with E-state index < -0.39 is 0 Å². The summed E-state index contributed by atoms with van der Waals surface area (Å²) in [7, 11) is 0. The maximum atomic E-state index is 5.84. The van der Waals surface area contributed by atoms with Gasteiger partial charge in [-0.1, -0.05) is 12.1 Å². The standard InChI is InChI=1S/C11H15N3/c1-11(2,3)14-9-7-5-4-6-8(9)10(12)13-14/h4-7H,1-3H3,(H2,12,13). The summed E-state index contributed by atoms with van der Waals surface area (Å²) >= 11 is 0. The number of para-hydroxylation sites is 1. The maximum absolute atomic E-state index is 5.84. The van der Waals surface area contributed by atoms with Gasteiger partial charge in [0.2, 0.25) is 0 Å². The number of nitrogens with zero attached hydrogens (tertiary/aromatic N) is 2. The number of benzene rings is 1. The van der Waals surface area contributed by atoms with E-state index in [1.807, 2.05) is 28.9 Å². The maximum Gasteiger partial charge on any atom is 0.153 e. The van der Waals surface area contributed by atoms with Crippen LogP contribution in [0, 0.1) is 0 Å². The van der Waals surface area contributed by atoms with Crippen LogP contribution in [-0.4, -0.2) is 9.78 Å². The quantitative estimate of drug-likeness (QED) is 0.691. The monoisotopic (exact) mass is 189 g/mol. The van der Waals surface area contributed by atoms with Gasteiger partial charge in [0, 0.05) is 5.39 Å². The van der Waals surface area contributed by atoms with Crippen LogP contribution >= 0.6 is 0 Å². The van der Waals surface area contributed by atoms with Crippen LogP contribution < -0.4 is 5.73 Å². The summed E-state index contributed by atoms with van der Waals surface area (Å²) in [6.45, 7) is 6.35. The molecule has 0 radical (unpaired) electrons. The normalized spacial score (nSPS) is 12.2. The Bertz CT molecular complexity index is 463. The number of nitrogens with two attached hydrogens (primary N) is 1. The number of nitrogen functional groups attached to an aromatic ring is 1. The van der Waals surface area contributed by atoms with Crippen molar-refractivity contribution >= 4 is 16.7 Å². The molecule has 0 saturated heterocycles. The van der Waals surface area contributed by atoms with Gasteiger partial charge in [-0.25, -0.2) is 0 Å². The Labute approximate surface area is 83.5 Å². The average Bonchev–Trinajstić information content (AvgIpc) is 2.44. The minimum Gasteiger partial charge on any atom is -0.382 e. The molecule has 2 N–H and O–H groups in total. The minimum absolute atomic E-state index is 0.0305. The Balaban J connectivity index is 2.80. The molecule has 2 rings (SSSR count). The number of hydrogen-bond acceptors (Lipinski definition) is 2. The van der Waals surface area contributed by atoms with Crippen LogP contribution in [0.25, 0.3) is 10.9 Å². The van der Waals surface area contributed by atoms with Gasteiger partial charge in [-0.3, -0.25) is 4.68 Å². The predicted molar refractivity (Wildman–Crippen MR) is 59.1 cm³/mol. The summed E-state index contributed by atoms with van der Waals surface area (Å²) in [6.07, 6.45) is 0. The first-order valence-corrected chi connectivity index (χ1v) is 4.74. The summed E-state index contributed by atoms with van der Waals surface area (Å²) < 4.78 is 1.97. The van der Waals surface area contributed by atoms with E-state index in [9.17, 15) is 0 Å². The lowest BCUT2D eigenvalue weighted by Crippen LogP contribution is -2.23. The molecule has 14 heavy (non-hydrogen) atoms. The molecule has 0 amide bonds. The highest BCUT2D eigenvalue weighted by atomic mass is 15.3. The molecule has 0 atom stereocenters. The van der Waals surface area contributed by atoms with E-state index in [2.05, 4.69) is 25.9 Å². The zero-order valence-electron chi connectivity index (χ0n) is 8.78. The zero-order valence-corrected chi connectivity index (χ0v) is 8.78. The highest BCUT2D eigenvalue weighted by Crippen LogP contribution is 2.25. The fraction of sp³-hybridized carbons (Fsp3) is 0.364. The summed E-state index contributed by atoms with van der Waals surface area (Å²) in [5.41, 5.74) is 6.91. The fourth-order valence-corrected chi connectivity index (χ4v) is 1.60. The SMILES string of the molecule is CC(C)(C)n1nc(N)c2ccccc21. The highest BCUT2D eigenvalue weighted by Gasteiger charge is 2.18. The van der Waals surface area contributed by atoms with Gasteiger partial charge in [0.15, 0.2) is 5.82 Å². The van der Waals surface area contributed by atoms with E-state index in [4.69, 9.17) is 5.73 Å². The molecular formula is C11H15N3. The molecule has 3 heteroatoms. The molecule has 1 heterocycles. The third-order valence-corrected chi connectivity index (χ3v) is 2.25. The van der Waals surface area contributed by atoms with Crippen molar-refractivity contribution in [3.8, 4) is 0 Å². The smallest absolute Gasteiger partial charge is 0.153 e. The molecule has 3 nitrogen and oxygen atoms in total. The van der Waals surface area contributed by atoms with Crippen molar-refractivity contribution in [3.63, 3.8) is 0 Å². The Morgan fingerprint density at radius 1 is 1.21 bits per heavy atom. The Morgan fingerprint density at radius 3 is 2.50 bits per heavy atom. The summed E-state index contributed by atoms with van der Waals surface area (Å²) in [4.78, 5) is 0. The van der Waals surface area contributed by atoms with Crippen molar-refractivity contribution in [2.75, 3.05) is 5.73 Å². The Morgan fingerprint density at radius 2 is 1.86 bits per heavy atom. The first-order chi connectivity index (χ1) is 6.50. The van der Waals surface area contributed by atoms with Gasteiger partial charge in [0.1, 0.15) is 0 Å². The Hall–Kier alpha value is -1.51. The second-order valence-corrected chi connectivity index (χ2v) is 4.49. The first-order valence-electron chi connectivity index (χ1n) is 4.74. The molecule has 1 aromatic heterocycles. The molecule has 0 fully saturated rings. The second kappa shape index (κ2) is 2.74. The largest absolute Gasteiger partial charge is 0.382 e. The van der Waals surface area contributed by atoms with Crippen LogP contribution in [0.4, 0.5) is 5.82 Å². The van der Waals surface area contributed by atoms with Crippen molar-refractivity contribution in [2.24, 2.45) is 0 Å². The van der Waals surface area contributed by atoms with Crippen molar-refractivity contribution in [3.05, 3.63) is 24.3 Å². The molecule has 0 saturated carbocycles. The van der Waals surface area contributed by atoms with Crippen molar-refractivity contribution < 1.29 is 0 Å². The fourth-order valence-electron chi connectivity index (χ4n) is 1.60. The van der Waals surface area contributed by atoms with E-state index in [0.717, 1.165) is 10.9 Å². The summed E-state index contributed by atoms with van der Waals surface area (Å²) in [5.74, 6) is 0.607. The van der Waals surface area contributed by atoms with E-state index in [-0.39, 0.29) is 5.54 Å². The van der Waals surface area contributed by atoms with E-state index in [0.29, 0.717) is 5.82 Å². The topological polar surface area (TPSA) is 43.8 Å². The number of anilines is 1. The van der Waals surface area contributed by atoms with Gasteiger partial charge >= 0.3 is 0 Å². The predicted octanol–water partition coefficient (Wildman–Crippen LogP) is 2.37. The van der Waals surface area contributed by atoms with Crippen LogP contribution in [0.15, 0.2) is 24.3 Å². The lowest BCUT2D eigenvalue weighted by atomic mass is 10.1. The van der Waals surface area contributed by atoms with Crippen LogP contribution in [0.2, 0.25) is 0 Å². The van der Waals surface area contributed by atoms with Crippen LogP contribution in [-0.2, 0) is 5.54 Å². The van der Waals surface area contributed by atoms with Gasteiger partial charge < -0.3 is 5.73 Å². The number of aromatic nitrogens is 2. The van der Waals surface area contributed by atoms with Crippen molar-refractivity contribution in [1.82, 2.24) is 9.78 Å². The van der Waals surface area contributed by atoms with E-state index in [1.165, 1.54) is 0 Å². The highest BCUT2D eigenvalue weighted by molar-refractivity contribution is 5.89. The van der Waals surface area contributed by atoms with Crippen LogP contribution in [0.5, 0.6) is 0 Å². The van der Waals surface area contributed by atoms with Gasteiger partial charge in [0.25, 0.3) is 0 Å². The number of fused-ring (bicyclic) bond motifs is 1. The van der Waals surface area contributed by atoms with Gasteiger partial charge in [-0.2, -0.15) is 5.10 Å². The molecule has 0 unspecified atom stereocenters. The molecule has 1 aromatic carbocycles. The first kappa shape index (κ1) is 9.06.